The number of halogens is 2. The van der Waals surface area contributed by atoms with Crippen LogP contribution in [0.2, 0.25) is 0 Å². The third-order valence-electron chi connectivity index (χ3n) is 2.82. The van der Waals surface area contributed by atoms with Gasteiger partial charge < -0.3 is 15.6 Å². The van der Waals surface area contributed by atoms with Crippen molar-refractivity contribution < 1.29 is 19.0 Å². The van der Waals surface area contributed by atoms with E-state index in [2.05, 4.69) is 4.74 Å². The van der Waals surface area contributed by atoms with Crippen molar-refractivity contribution >= 4 is 18.4 Å². The van der Waals surface area contributed by atoms with Crippen molar-refractivity contribution in [1.29, 1.82) is 0 Å². The number of carbonyl (C=O) groups excluding carboxylic acids is 1. The second kappa shape index (κ2) is 6.02. The van der Waals surface area contributed by atoms with Gasteiger partial charge in [0.1, 0.15) is 0 Å². The third-order valence-corrected chi connectivity index (χ3v) is 2.82. The molecule has 0 aliphatic heterocycles. The Kier molecular flexibility index (Phi) is 5.57. The zero-order valence-electron chi connectivity index (χ0n) is 10.4. The fourth-order valence-electron chi connectivity index (χ4n) is 1.52. The van der Waals surface area contributed by atoms with E-state index in [1.54, 1.807) is 13.8 Å². The van der Waals surface area contributed by atoms with Gasteiger partial charge in [0.05, 0.1) is 12.5 Å². The second-order valence-electron chi connectivity index (χ2n) is 4.40. The van der Waals surface area contributed by atoms with Crippen molar-refractivity contribution in [2.45, 2.75) is 19.9 Å². The average Bonchev–Trinajstić information content (AvgIpc) is 2.30. The topological polar surface area (TPSA) is 72.5 Å². The van der Waals surface area contributed by atoms with Crippen LogP contribution in [0.25, 0.3) is 0 Å². The lowest BCUT2D eigenvalue weighted by Gasteiger charge is -2.28. The van der Waals surface area contributed by atoms with Gasteiger partial charge in [-0.15, -0.1) is 12.4 Å². The summed E-state index contributed by atoms with van der Waals surface area (Å²) in [5, 5.41) is 9.08. The van der Waals surface area contributed by atoms with Crippen LogP contribution < -0.4 is 5.73 Å². The zero-order chi connectivity index (χ0) is 13.2. The molecule has 102 valence electrons. The van der Waals surface area contributed by atoms with Gasteiger partial charge in [0.25, 0.3) is 0 Å². The van der Waals surface area contributed by atoms with Gasteiger partial charge in [0.2, 0.25) is 0 Å². The van der Waals surface area contributed by atoms with Crippen LogP contribution >= 0.6 is 12.4 Å². The van der Waals surface area contributed by atoms with Crippen molar-refractivity contribution in [3.05, 3.63) is 29.6 Å². The predicted molar refractivity (Wildman–Crippen MR) is 68.0 cm³/mol. The monoisotopic (exact) mass is 277 g/mol. The fraction of sp³-hybridized carbons (Fsp3) is 0.417. The normalized spacial score (nSPS) is 12.5. The van der Waals surface area contributed by atoms with Crippen LogP contribution in [-0.2, 0) is 9.53 Å². The van der Waals surface area contributed by atoms with E-state index >= 15 is 0 Å². The molecule has 1 aromatic rings. The average molecular weight is 278 g/mol. The summed E-state index contributed by atoms with van der Waals surface area (Å²) >= 11 is 0. The lowest BCUT2D eigenvalue weighted by molar-refractivity contribution is -0.152. The Hall–Kier alpha value is -1.33. The van der Waals surface area contributed by atoms with Crippen LogP contribution in [0.5, 0.6) is 5.75 Å². The number of carbonyl (C=O) groups is 1. The molecule has 0 saturated carbocycles. The van der Waals surface area contributed by atoms with Crippen molar-refractivity contribution in [1.82, 2.24) is 0 Å². The predicted octanol–water partition coefficient (Wildman–Crippen LogP) is 2.15. The van der Waals surface area contributed by atoms with Gasteiger partial charge in [-0.1, -0.05) is 6.07 Å². The summed E-state index contributed by atoms with van der Waals surface area (Å²) in [6, 6.07) is 3.08. The number of benzene rings is 1. The molecule has 18 heavy (non-hydrogen) atoms. The molecule has 0 saturated heterocycles. The highest BCUT2D eigenvalue weighted by Gasteiger charge is 2.36. The Balaban J connectivity index is 0.00000289. The van der Waals surface area contributed by atoms with Crippen LogP contribution in [0, 0.1) is 11.2 Å². The molecular formula is C12H17ClFNO3. The Bertz CT molecular complexity index is 437. The molecule has 0 bridgehead atoms. The summed E-state index contributed by atoms with van der Waals surface area (Å²) < 4.78 is 17.8. The molecule has 6 heteroatoms. The molecule has 1 atom stereocenters. The molecular weight excluding hydrogens is 261 g/mol. The van der Waals surface area contributed by atoms with Crippen molar-refractivity contribution in [2.75, 3.05) is 7.11 Å². The highest BCUT2D eigenvalue weighted by Crippen LogP contribution is 2.33. The Morgan fingerprint density at radius 3 is 2.50 bits per heavy atom. The molecule has 3 N–H and O–H groups in total. The van der Waals surface area contributed by atoms with E-state index < -0.39 is 29.0 Å². The number of esters is 1. The molecule has 4 nitrogen and oxygen atoms in total. The van der Waals surface area contributed by atoms with Gasteiger partial charge in [0, 0.05) is 6.04 Å². The first-order valence-electron chi connectivity index (χ1n) is 5.13. The molecule has 0 amide bonds. The molecule has 0 heterocycles. The Morgan fingerprint density at radius 2 is 2.06 bits per heavy atom. The first kappa shape index (κ1) is 16.7. The molecule has 0 fully saturated rings. The van der Waals surface area contributed by atoms with Gasteiger partial charge in [0.15, 0.2) is 11.6 Å². The number of hydrogen-bond acceptors (Lipinski definition) is 4. The first-order chi connectivity index (χ1) is 7.80. The third kappa shape index (κ3) is 3.11. The molecule has 0 radical (unpaired) electrons. The van der Waals surface area contributed by atoms with E-state index in [9.17, 15) is 9.18 Å². The van der Waals surface area contributed by atoms with Crippen molar-refractivity contribution in [2.24, 2.45) is 11.1 Å². The fourth-order valence-corrected chi connectivity index (χ4v) is 1.52. The van der Waals surface area contributed by atoms with Crippen LogP contribution in [-0.4, -0.2) is 18.2 Å². The van der Waals surface area contributed by atoms with E-state index in [0.29, 0.717) is 5.56 Å². The first-order valence-corrected chi connectivity index (χ1v) is 5.13. The number of rotatable bonds is 3. The lowest BCUT2D eigenvalue weighted by atomic mass is 9.81. The number of methoxy groups -OCH3 is 1. The number of hydrogen-bond donors (Lipinski definition) is 2. The minimum atomic E-state index is -0.974. The number of nitrogens with two attached hydrogens (primary N) is 1. The van der Waals surface area contributed by atoms with Crippen molar-refractivity contribution in [3.63, 3.8) is 0 Å². The van der Waals surface area contributed by atoms with Crippen LogP contribution in [0.1, 0.15) is 25.5 Å². The largest absolute Gasteiger partial charge is 0.505 e. The summed E-state index contributed by atoms with van der Waals surface area (Å²) in [5.74, 6) is -1.69. The summed E-state index contributed by atoms with van der Waals surface area (Å²) in [6.07, 6.45) is 0. The quantitative estimate of drug-likeness (QED) is 0.831. The standard InChI is InChI=1S/C12H16FNO3.ClH/c1-12(2,11(16)17-3)10(14)7-4-5-9(15)8(13)6-7;/h4-6,10,15H,14H2,1-3H3;1H/t10-;/m1./s1. The summed E-state index contributed by atoms with van der Waals surface area (Å²) in [5.41, 5.74) is 5.37. The van der Waals surface area contributed by atoms with Gasteiger partial charge in [-0.2, -0.15) is 0 Å². The minimum absolute atomic E-state index is 0. The highest BCUT2D eigenvalue weighted by molar-refractivity contribution is 5.85. The van der Waals surface area contributed by atoms with Gasteiger partial charge in [-0.05, 0) is 31.5 Å². The maximum atomic E-state index is 13.2. The summed E-state index contributed by atoms with van der Waals surface area (Å²) in [4.78, 5) is 11.6. The molecule has 0 spiro atoms. The maximum absolute atomic E-state index is 13.2. The molecule has 0 aliphatic rings. The van der Waals surface area contributed by atoms with E-state index in [1.165, 1.54) is 19.2 Å². The number of phenolic OH excluding ortho intramolecular Hbond substituents is 1. The number of aromatic hydroxyl groups is 1. The van der Waals surface area contributed by atoms with Gasteiger partial charge in [-0.25, -0.2) is 4.39 Å². The van der Waals surface area contributed by atoms with E-state index in [4.69, 9.17) is 10.8 Å². The second-order valence-corrected chi connectivity index (χ2v) is 4.40. The number of ether oxygens (including phenoxy) is 1. The van der Waals surface area contributed by atoms with Crippen molar-refractivity contribution in [3.8, 4) is 5.75 Å². The van der Waals surface area contributed by atoms with Crippen LogP contribution in [0.4, 0.5) is 4.39 Å². The molecule has 0 unspecified atom stereocenters. The van der Waals surface area contributed by atoms with E-state index in [0.717, 1.165) is 6.07 Å². The van der Waals surface area contributed by atoms with Crippen LogP contribution in [0.15, 0.2) is 18.2 Å². The van der Waals surface area contributed by atoms with E-state index in [1.807, 2.05) is 0 Å². The van der Waals surface area contributed by atoms with Gasteiger partial charge in [-0.3, -0.25) is 4.79 Å². The summed E-state index contributed by atoms with van der Waals surface area (Å²) in [6.45, 7) is 3.24. The minimum Gasteiger partial charge on any atom is -0.505 e. The highest BCUT2D eigenvalue weighted by atomic mass is 35.5. The molecule has 1 aromatic carbocycles. The smallest absolute Gasteiger partial charge is 0.313 e. The van der Waals surface area contributed by atoms with E-state index in [-0.39, 0.29) is 12.4 Å². The SMILES string of the molecule is COC(=O)C(C)(C)[C@H](N)c1ccc(O)c(F)c1.Cl. The zero-order valence-corrected chi connectivity index (χ0v) is 11.3. The van der Waals surface area contributed by atoms with Gasteiger partial charge >= 0.3 is 5.97 Å². The number of phenols is 1. The lowest BCUT2D eigenvalue weighted by Crippen LogP contribution is -2.37. The summed E-state index contributed by atoms with van der Waals surface area (Å²) in [7, 11) is 1.27. The maximum Gasteiger partial charge on any atom is 0.313 e. The molecule has 0 aromatic heterocycles. The van der Waals surface area contributed by atoms with Crippen LogP contribution in [0.3, 0.4) is 0 Å². The Morgan fingerprint density at radius 1 is 1.50 bits per heavy atom. The Labute approximate surface area is 111 Å². The molecule has 0 aliphatic carbocycles. The molecule has 1 rings (SSSR count).